The number of amides is 1. The van der Waals surface area contributed by atoms with Crippen LogP contribution in [0.15, 0.2) is 70.8 Å². The highest BCUT2D eigenvalue weighted by atomic mass is 19.1. The summed E-state index contributed by atoms with van der Waals surface area (Å²) < 4.78 is 17.5. The molecule has 1 saturated carbocycles. The van der Waals surface area contributed by atoms with Gasteiger partial charge in [0.25, 0.3) is 17.0 Å². The van der Waals surface area contributed by atoms with Crippen LogP contribution in [0.2, 0.25) is 0 Å². The van der Waals surface area contributed by atoms with Gasteiger partial charge in [0.1, 0.15) is 17.3 Å². The van der Waals surface area contributed by atoms with Gasteiger partial charge in [-0.25, -0.2) is 14.1 Å². The first kappa shape index (κ1) is 27.9. The maximum Gasteiger partial charge on any atom is 0.290 e. The molecule has 1 aliphatic carbocycles. The lowest BCUT2D eigenvalue weighted by molar-refractivity contribution is 0.0828. The van der Waals surface area contributed by atoms with Crippen LogP contribution in [0.3, 0.4) is 0 Å². The highest BCUT2D eigenvalue weighted by Gasteiger charge is 2.26. The Morgan fingerprint density at radius 3 is 2.60 bits per heavy atom. The van der Waals surface area contributed by atoms with Crippen LogP contribution in [-0.4, -0.2) is 54.3 Å². The fraction of sp³-hybridized carbons (Fsp3) is 0.226. The van der Waals surface area contributed by atoms with Gasteiger partial charge in [-0.05, 0) is 60.0 Å². The van der Waals surface area contributed by atoms with Gasteiger partial charge in [-0.2, -0.15) is 5.10 Å². The van der Waals surface area contributed by atoms with E-state index in [2.05, 4.69) is 20.4 Å². The van der Waals surface area contributed by atoms with Gasteiger partial charge in [0.15, 0.2) is 0 Å². The zero-order chi connectivity index (χ0) is 30.4. The van der Waals surface area contributed by atoms with Crippen molar-refractivity contribution in [3.05, 3.63) is 104 Å². The highest BCUT2D eigenvalue weighted by molar-refractivity contribution is 5.99. The van der Waals surface area contributed by atoms with Crippen LogP contribution in [0.25, 0.3) is 27.8 Å². The quantitative estimate of drug-likeness (QED) is 0.298. The third-order valence-electron chi connectivity index (χ3n) is 7.51. The number of aliphatic hydroxyl groups is 1. The number of aliphatic hydroxyl groups excluding tert-OH is 1. The molecule has 12 heteroatoms. The van der Waals surface area contributed by atoms with E-state index in [9.17, 15) is 19.5 Å². The number of benzene rings is 1. The zero-order valence-electron chi connectivity index (χ0n) is 23.7. The molecular formula is C31H28FN7O4. The van der Waals surface area contributed by atoms with E-state index >= 15 is 4.39 Å². The van der Waals surface area contributed by atoms with Gasteiger partial charge in [0.05, 0.1) is 28.9 Å². The fourth-order valence-corrected chi connectivity index (χ4v) is 5.14. The molecule has 1 amide bonds. The molecule has 0 spiro atoms. The first-order valence-corrected chi connectivity index (χ1v) is 13.6. The molecule has 0 saturated heterocycles. The van der Waals surface area contributed by atoms with Gasteiger partial charge in [-0.3, -0.25) is 23.9 Å². The van der Waals surface area contributed by atoms with Crippen molar-refractivity contribution in [3.63, 3.8) is 0 Å². The number of pyridine rings is 3. The molecule has 1 aliphatic rings. The minimum absolute atomic E-state index is 0.0601. The molecule has 0 radical (unpaired) electrons. The van der Waals surface area contributed by atoms with Crippen LogP contribution in [0.4, 0.5) is 15.8 Å². The van der Waals surface area contributed by atoms with Crippen molar-refractivity contribution >= 4 is 28.1 Å². The number of hydrogen-bond acceptors (Lipinski definition) is 8. The van der Waals surface area contributed by atoms with Crippen LogP contribution in [-0.2, 0) is 13.7 Å². The standard InChI is InChI=1S/C31H28FN7O4/c1-37(2)29(41)21-15-33-9-7-24(21)35-26-14-25(36-38(3)30(26)42)20-6-10-34-28(22(20)16-40)39-11-8-18-12-19(17-4-5-17)13-23(32)27(18)31(39)43/h6-15,17,40H,4-5,16H2,1-3H3,(H,33,35). The SMILES string of the molecule is CN(C)C(=O)c1cnccc1Nc1cc(-c2ccnc(-n3ccc4cc(C5CC5)cc(F)c4c3=O)c2CO)nn(C)c1=O. The number of aromatic nitrogens is 5. The van der Waals surface area contributed by atoms with Crippen molar-refractivity contribution in [1.29, 1.82) is 0 Å². The fourth-order valence-electron chi connectivity index (χ4n) is 5.14. The van der Waals surface area contributed by atoms with Gasteiger partial charge in [0.2, 0.25) is 0 Å². The van der Waals surface area contributed by atoms with Gasteiger partial charge in [-0.15, -0.1) is 0 Å². The van der Waals surface area contributed by atoms with Crippen LogP contribution < -0.4 is 16.4 Å². The van der Waals surface area contributed by atoms with Gasteiger partial charge >= 0.3 is 0 Å². The summed E-state index contributed by atoms with van der Waals surface area (Å²) in [7, 11) is 4.70. The van der Waals surface area contributed by atoms with E-state index in [1.165, 1.54) is 53.4 Å². The molecule has 0 aliphatic heterocycles. The van der Waals surface area contributed by atoms with E-state index in [1.807, 2.05) is 6.07 Å². The Labute approximate surface area is 244 Å². The number of rotatable bonds is 7. The Morgan fingerprint density at radius 2 is 1.88 bits per heavy atom. The predicted octanol–water partition coefficient (Wildman–Crippen LogP) is 3.50. The lowest BCUT2D eigenvalue weighted by atomic mass is 10.0. The van der Waals surface area contributed by atoms with Gasteiger partial charge in [0, 0.05) is 57.1 Å². The van der Waals surface area contributed by atoms with Crippen LogP contribution in [0.5, 0.6) is 0 Å². The number of anilines is 2. The number of hydrogen-bond donors (Lipinski definition) is 2. The summed E-state index contributed by atoms with van der Waals surface area (Å²) in [6.07, 6.45) is 7.88. The average Bonchev–Trinajstić information content (AvgIpc) is 3.85. The van der Waals surface area contributed by atoms with E-state index in [1.54, 1.807) is 32.3 Å². The van der Waals surface area contributed by atoms with Gasteiger partial charge < -0.3 is 15.3 Å². The van der Waals surface area contributed by atoms with Crippen molar-refractivity contribution < 1.29 is 14.3 Å². The number of carbonyl (C=O) groups excluding carboxylic acids is 1. The second kappa shape index (κ2) is 10.9. The molecule has 43 heavy (non-hydrogen) atoms. The molecule has 2 N–H and O–H groups in total. The maximum absolute atomic E-state index is 15.2. The highest BCUT2D eigenvalue weighted by Crippen LogP contribution is 2.41. The van der Waals surface area contributed by atoms with E-state index in [-0.39, 0.29) is 33.9 Å². The summed E-state index contributed by atoms with van der Waals surface area (Å²) in [5.41, 5.74) is 1.52. The summed E-state index contributed by atoms with van der Waals surface area (Å²) in [4.78, 5) is 49.1. The van der Waals surface area contributed by atoms with Gasteiger partial charge in [-0.1, -0.05) is 6.07 Å². The van der Waals surface area contributed by atoms with Crippen molar-refractivity contribution in [3.8, 4) is 17.1 Å². The normalized spacial score (nSPS) is 12.9. The number of carbonyl (C=O) groups is 1. The molecule has 218 valence electrons. The van der Waals surface area contributed by atoms with Crippen LogP contribution in [0.1, 0.15) is 40.2 Å². The summed E-state index contributed by atoms with van der Waals surface area (Å²) in [6, 6.07) is 9.61. The van der Waals surface area contributed by atoms with Crippen LogP contribution >= 0.6 is 0 Å². The molecule has 4 heterocycles. The Hall–Kier alpha value is -5.23. The third-order valence-corrected chi connectivity index (χ3v) is 7.51. The lowest BCUT2D eigenvalue weighted by Gasteiger charge is -2.17. The summed E-state index contributed by atoms with van der Waals surface area (Å²) >= 11 is 0. The van der Waals surface area contributed by atoms with Crippen molar-refractivity contribution in [2.24, 2.45) is 7.05 Å². The van der Waals surface area contributed by atoms with Crippen LogP contribution in [0, 0.1) is 5.82 Å². The van der Waals surface area contributed by atoms with Crippen molar-refractivity contribution in [2.75, 3.05) is 19.4 Å². The molecule has 5 aromatic rings. The Morgan fingerprint density at radius 1 is 1.09 bits per heavy atom. The number of aryl methyl sites for hydroxylation is 1. The largest absolute Gasteiger partial charge is 0.392 e. The molecule has 4 aromatic heterocycles. The molecule has 1 aromatic carbocycles. The smallest absolute Gasteiger partial charge is 0.290 e. The monoisotopic (exact) mass is 581 g/mol. The number of nitrogens with zero attached hydrogens (tertiary/aromatic N) is 6. The molecular weight excluding hydrogens is 553 g/mol. The Bertz CT molecular complexity index is 2030. The number of fused-ring (bicyclic) bond motifs is 1. The summed E-state index contributed by atoms with van der Waals surface area (Å²) in [5.74, 6) is -0.466. The molecule has 0 atom stereocenters. The summed E-state index contributed by atoms with van der Waals surface area (Å²) in [5, 5.41) is 18.3. The van der Waals surface area contributed by atoms with E-state index < -0.39 is 23.5 Å². The average molecular weight is 582 g/mol. The lowest BCUT2D eigenvalue weighted by Crippen LogP contribution is -2.25. The zero-order valence-corrected chi connectivity index (χ0v) is 23.7. The molecule has 1 fully saturated rings. The van der Waals surface area contributed by atoms with E-state index in [4.69, 9.17) is 0 Å². The third kappa shape index (κ3) is 5.06. The molecule has 11 nitrogen and oxygen atoms in total. The molecule has 0 unspecified atom stereocenters. The van der Waals surface area contributed by atoms with E-state index in [0.717, 1.165) is 23.1 Å². The second-order valence-electron chi connectivity index (χ2n) is 10.7. The minimum Gasteiger partial charge on any atom is -0.392 e. The predicted molar refractivity (Wildman–Crippen MR) is 159 cm³/mol. The maximum atomic E-state index is 15.2. The first-order valence-electron chi connectivity index (χ1n) is 13.6. The minimum atomic E-state index is -0.608. The Balaban J connectivity index is 1.46. The number of nitrogens with one attached hydrogen (secondary N) is 1. The van der Waals surface area contributed by atoms with Crippen molar-refractivity contribution in [1.82, 2.24) is 29.2 Å². The molecule has 0 bridgehead atoms. The van der Waals surface area contributed by atoms with Crippen molar-refractivity contribution in [2.45, 2.75) is 25.4 Å². The van der Waals surface area contributed by atoms with E-state index in [0.29, 0.717) is 28.2 Å². The number of halogens is 1. The molecule has 6 rings (SSSR count). The Kier molecular flexibility index (Phi) is 7.06. The second-order valence-corrected chi connectivity index (χ2v) is 10.7. The first-order chi connectivity index (χ1) is 20.7. The summed E-state index contributed by atoms with van der Waals surface area (Å²) in [6.45, 7) is -0.523. The topological polar surface area (TPSA) is 135 Å².